The van der Waals surface area contributed by atoms with Crippen molar-refractivity contribution in [3.8, 4) is 0 Å². The van der Waals surface area contributed by atoms with Gasteiger partial charge in [0.1, 0.15) is 0 Å². The van der Waals surface area contributed by atoms with Crippen LogP contribution in [0.4, 0.5) is 0 Å². The van der Waals surface area contributed by atoms with Gasteiger partial charge in [0.2, 0.25) is 0 Å². The molecule has 0 aromatic rings. The van der Waals surface area contributed by atoms with Gasteiger partial charge in [0.15, 0.2) is 0 Å². The summed E-state index contributed by atoms with van der Waals surface area (Å²) in [5.41, 5.74) is 0. The second kappa shape index (κ2) is 10.7. The van der Waals surface area contributed by atoms with E-state index in [2.05, 4.69) is 27.7 Å². The summed E-state index contributed by atoms with van der Waals surface area (Å²) in [7, 11) is 0. The minimum atomic E-state index is 0.601. The van der Waals surface area contributed by atoms with E-state index in [0.29, 0.717) is 12.2 Å². The first-order valence-corrected chi connectivity index (χ1v) is 9.34. The van der Waals surface area contributed by atoms with Crippen LogP contribution in [-0.4, -0.2) is 12.2 Å². The second-order valence-corrected chi connectivity index (χ2v) is 7.08. The Morgan fingerprint density at radius 3 is 1.95 bits per heavy atom. The van der Waals surface area contributed by atoms with Crippen molar-refractivity contribution in [3.63, 3.8) is 0 Å². The van der Waals surface area contributed by atoms with E-state index in [9.17, 15) is 0 Å². The predicted octanol–water partition coefficient (Wildman–Crippen LogP) is 6.36. The third-order valence-electron chi connectivity index (χ3n) is 5.25. The topological polar surface area (TPSA) is 12.5 Å². The lowest BCUT2D eigenvalue weighted by molar-refractivity contribution is 0.293. The molecule has 1 aliphatic rings. The van der Waals surface area contributed by atoms with Gasteiger partial charge in [-0.2, -0.15) is 0 Å². The van der Waals surface area contributed by atoms with Crippen LogP contribution >= 0.6 is 0 Å². The minimum absolute atomic E-state index is 0.601. The van der Waals surface area contributed by atoms with Gasteiger partial charge in [-0.15, -0.1) is 0 Å². The van der Waals surface area contributed by atoms with Gasteiger partial charge in [-0.3, -0.25) is 0 Å². The van der Waals surface area contributed by atoms with Gasteiger partial charge >= 0.3 is 0 Å². The third-order valence-corrected chi connectivity index (χ3v) is 5.25. The van der Waals surface area contributed by atoms with Gasteiger partial charge in [-0.1, -0.05) is 85.5 Å². The van der Waals surface area contributed by atoms with Crippen molar-refractivity contribution in [2.24, 2.45) is 11.8 Å². The van der Waals surface area contributed by atoms with Crippen molar-refractivity contribution in [3.05, 3.63) is 0 Å². The highest BCUT2D eigenvalue weighted by molar-refractivity contribution is 4.86. The summed E-state index contributed by atoms with van der Waals surface area (Å²) < 4.78 is 5.84. The largest absolute Gasteiger partial charge is 0.370 e. The standard InChI is InChI=1S/C19H38O/c1-5-7-8-9-10-11-12-13-14-18-19(20-18)15-17(4)16(3)6-2/h16-19H,5-15H2,1-4H3. The summed E-state index contributed by atoms with van der Waals surface area (Å²) in [6.45, 7) is 9.35. The van der Waals surface area contributed by atoms with E-state index >= 15 is 0 Å². The molecule has 0 radical (unpaired) electrons. The van der Waals surface area contributed by atoms with Gasteiger partial charge in [0.25, 0.3) is 0 Å². The summed E-state index contributed by atoms with van der Waals surface area (Å²) in [4.78, 5) is 0. The molecule has 0 saturated carbocycles. The van der Waals surface area contributed by atoms with Gasteiger partial charge in [-0.25, -0.2) is 0 Å². The molecule has 1 fully saturated rings. The average Bonchev–Trinajstić information content (AvgIpc) is 3.18. The van der Waals surface area contributed by atoms with E-state index in [1.807, 2.05) is 0 Å². The first kappa shape index (κ1) is 18.0. The summed E-state index contributed by atoms with van der Waals surface area (Å²) in [6.07, 6.45) is 16.5. The van der Waals surface area contributed by atoms with Crippen LogP contribution in [0.25, 0.3) is 0 Å². The van der Waals surface area contributed by atoms with E-state index in [4.69, 9.17) is 4.74 Å². The molecule has 20 heavy (non-hydrogen) atoms. The lowest BCUT2D eigenvalue weighted by atomic mass is 9.89. The fraction of sp³-hybridized carbons (Fsp3) is 1.00. The minimum Gasteiger partial charge on any atom is -0.370 e. The van der Waals surface area contributed by atoms with E-state index < -0.39 is 0 Å². The lowest BCUT2D eigenvalue weighted by Crippen LogP contribution is -2.10. The molecule has 1 aliphatic heterocycles. The quantitative estimate of drug-likeness (QED) is 0.283. The Kier molecular flexibility index (Phi) is 9.59. The van der Waals surface area contributed by atoms with E-state index in [1.165, 1.54) is 70.6 Å². The Balaban J connectivity index is 1.88. The fourth-order valence-electron chi connectivity index (χ4n) is 3.12. The highest BCUT2D eigenvalue weighted by atomic mass is 16.6. The van der Waals surface area contributed by atoms with Crippen LogP contribution in [0.15, 0.2) is 0 Å². The number of rotatable bonds is 13. The summed E-state index contributed by atoms with van der Waals surface area (Å²) in [6, 6.07) is 0. The van der Waals surface area contributed by atoms with E-state index in [1.54, 1.807) is 0 Å². The Hall–Kier alpha value is -0.0400. The van der Waals surface area contributed by atoms with Gasteiger partial charge in [-0.05, 0) is 24.7 Å². The maximum atomic E-state index is 5.84. The SMILES string of the molecule is CCCCCCCCCCC1OC1CC(C)C(C)CC. The molecule has 4 unspecified atom stereocenters. The zero-order valence-electron chi connectivity index (χ0n) is 14.5. The predicted molar refractivity (Wildman–Crippen MR) is 89.1 cm³/mol. The van der Waals surface area contributed by atoms with Crippen molar-refractivity contribution in [1.29, 1.82) is 0 Å². The van der Waals surface area contributed by atoms with E-state index in [0.717, 1.165) is 11.8 Å². The molecular formula is C19H38O. The third kappa shape index (κ3) is 7.67. The molecule has 0 amide bonds. The number of unbranched alkanes of at least 4 members (excludes halogenated alkanes) is 7. The average molecular weight is 283 g/mol. The number of ether oxygens (including phenoxy) is 1. The zero-order chi connectivity index (χ0) is 14.8. The van der Waals surface area contributed by atoms with Crippen LogP contribution in [-0.2, 0) is 4.74 Å². The molecule has 4 atom stereocenters. The fourth-order valence-corrected chi connectivity index (χ4v) is 3.12. The van der Waals surface area contributed by atoms with Crippen molar-refractivity contribution in [2.45, 2.75) is 111 Å². The van der Waals surface area contributed by atoms with Gasteiger partial charge in [0.05, 0.1) is 12.2 Å². The van der Waals surface area contributed by atoms with Crippen LogP contribution in [0.5, 0.6) is 0 Å². The Labute approximate surface area is 127 Å². The molecular weight excluding hydrogens is 244 g/mol. The van der Waals surface area contributed by atoms with Crippen LogP contribution in [0.1, 0.15) is 98.3 Å². The van der Waals surface area contributed by atoms with Crippen LogP contribution in [0.2, 0.25) is 0 Å². The van der Waals surface area contributed by atoms with Crippen LogP contribution in [0.3, 0.4) is 0 Å². The molecule has 120 valence electrons. The normalized spacial score (nSPS) is 24.6. The van der Waals surface area contributed by atoms with Crippen LogP contribution < -0.4 is 0 Å². The first-order chi connectivity index (χ1) is 9.69. The molecule has 0 spiro atoms. The van der Waals surface area contributed by atoms with Crippen LogP contribution in [0, 0.1) is 11.8 Å². The van der Waals surface area contributed by atoms with E-state index in [-0.39, 0.29) is 0 Å². The Morgan fingerprint density at radius 2 is 1.35 bits per heavy atom. The maximum absolute atomic E-state index is 5.84. The molecule has 1 heteroatoms. The molecule has 0 bridgehead atoms. The van der Waals surface area contributed by atoms with Crippen molar-refractivity contribution in [2.75, 3.05) is 0 Å². The smallest absolute Gasteiger partial charge is 0.0844 e. The number of hydrogen-bond donors (Lipinski definition) is 0. The highest BCUT2D eigenvalue weighted by Gasteiger charge is 2.39. The lowest BCUT2D eigenvalue weighted by Gasteiger charge is -2.16. The molecule has 0 aliphatic carbocycles. The monoisotopic (exact) mass is 282 g/mol. The molecule has 1 rings (SSSR count). The molecule has 0 N–H and O–H groups in total. The molecule has 1 nitrogen and oxygen atoms in total. The van der Waals surface area contributed by atoms with Gasteiger partial charge < -0.3 is 4.74 Å². The molecule has 1 heterocycles. The van der Waals surface area contributed by atoms with Crippen molar-refractivity contribution in [1.82, 2.24) is 0 Å². The Bertz CT molecular complexity index is 226. The zero-order valence-corrected chi connectivity index (χ0v) is 14.5. The molecule has 1 saturated heterocycles. The summed E-state index contributed by atoms with van der Waals surface area (Å²) in [5, 5.41) is 0. The number of hydrogen-bond acceptors (Lipinski definition) is 1. The summed E-state index contributed by atoms with van der Waals surface area (Å²) >= 11 is 0. The molecule has 0 aromatic heterocycles. The summed E-state index contributed by atoms with van der Waals surface area (Å²) in [5.74, 6) is 1.68. The number of epoxide rings is 1. The second-order valence-electron chi connectivity index (χ2n) is 7.08. The molecule has 0 aromatic carbocycles. The van der Waals surface area contributed by atoms with Crippen molar-refractivity contribution < 1.29 is 4.74 Å². The van der Waals surface area contributed by atoms with Gasteiger partial charge in [0, 0.05) is 0 Å². The maximum Gasteiger partial charge on any atom is 0.0844 e. The Morgan fingerprint density at radius 1 is 0.750 bits per heavy atom. The van der Waals surface area contributed by atoms with Crippen molar-refractivity contribution >= 4 is 0 Å². The highest BCUT2D eigenvalue weighted by Crippen LogP contribution is 2.35. The first-order valence-electron chi connectivity index (χ1n) is 9.34.